The van der Waals surface area contributed by atoms with Crippen molar-refractivity contribution >= 4 is 34.8 Å². The molecule has 0 saturated heterocycles. The first-order valence-corrected chi connectivity index (χ1v) is 10.5. The molecular weight excluding hydrogens is 458 g/mol. The molecule has 4 rings (SSSR count). The van der Waals surface area contributed by atoms with Gasteiger partial charge in [-0.25, -0.2) is 9.37 Å². The molecule has 1 aromatic heterocycles. The molecule has 1 unspecified atom stereocenters. The number of rotatable bonds is 5. The minimum absolute atomic E-state index is 0.176. The monoisotopic (exact) mass is 472 g/mol. The Bertz CT molecular complexity index is 1210. The van der Waals surface area contributed by atoms with E-state index in [1.165, 1.54) is 12.1 Å². The molecule has 0 saturated carbocycles. The molecule has 1 heterocycles. The summed E-state index contributed by atoms with van der Waals surface area (Å²) in [7, 11) is 0. The maximum Gasteiger partial charge on any atom is 0.317 e. The maximum absolute atomic E-state index is 13.2. The molecule has 7 heteroatoms. The van der Waals surface area contributed by atoms with Crippen LogP contribution in [0.15, 0.2) is 72.9 Å². The largest absolute Gasteiger partial charge is 0.456 e. The van der Waals surface area contributed by atoms with Crippen molar-refractivity contribution in [2.24, 2.45) is 0 Å². The first kappa shape index (κ1) is 21.6. The van der Waals surface area contributed by atoms with E-state index in [0.29, 0.717) is 26.3 Å². The van der Waals surface area contributed by atoms with Crippen molar-refractivity contribution in [3.8, 4) is 28.4 Å². The zero-order valence-electron chi connectivity index (χ0n) is 16.3. The topological polar surface area (TPSA) is 35.0 Å². The van der Waals surface area contributed by atoms with E-state index in [4.69, 9.17) is 39.5 Å². The molecule has 0 aliphatic rings. The van der Waals surface area contributed by atoms with E-state index >= 15 is 0 Å². The maximum atomic E-state index is 13.2. The molecule has 31 heavy (non-hydrogen) atoms. The van der Waals surface area contributed by atoms with Crippen LogP contribution < -0.4 is 4.74 Å². The molecule has 4 aromatic rings. The fraction of sp³-hybridized carbons (Fsp3) is 0.0833. The minimum atomic E-state index is -0.379. The van der Waals surface area contributed by atoms with Crippen molar-refractivity contribution in [3.63, 3.8) is 0 Å². The molecule has 0 amide bonds. The van der Waals surface area contributed by atoms with E-state index in [1.54, 1.807) is 48.7 Å². The van der Waals surface area contributed by atoms with Gasteiger partial charge >= 0.3 is 6.01 Å². The van der Waals surface area contributed by atoms with Gasteiger partial charge < -0.3 is 4.74 Å². The lowest BCUT2D eigenvalue weighted by molar-refractivity contribution is 0.207. The Hall–Kier alpha value is -2.66. The number of ether oxygens (including phenoxy) is 1. The first-order valence-electron chi connectivity index (χ1n) is 9.41. The van der Waals surface area contributed by atoms with E-state index in [9.17, 15) is 4.39 Å². The zero-order valence-corrected chi connectivity index (χ0v) is 18.6. The highest BCUT2D eigenvalue weighted by molar-refractivity contribution is 6.36. The number of aromatic nitrogens is 2. The summed E-state index contributed by atoms with van der Waals surface area (Å²) < 4.78 is 19.2. The van der Waals surface area contributed by atoms with Gasteiger partial charge in [-0.15, -0.1) is 0 Å². The Morgan fingerprint density at radius 1 is 0.839 bits per heavy atom. The summed E-state index contributed by atoms with van der Waals surface area (Å²) in [6.45, 7) is 1.85. The van der Waals surface area contributed by atoms with Crippen molar-refractivity contribution in [2.75, 3.05) is 0 Å². The predicted octanol–water partition coefficient (Wildman–Crippen LogP) is 8.05. The molecule has 0 spiro atoms. The van der Waals surface area contributed by atoms with Gasteiger partial charge in [-0.2, -0.15) is 4.98 Å². The second kappa shape index (κ2) is 9.23. The Balaban J connectivity index is 1.76. The lowest BCUT2D eigenvalue weighted by Gasteiger charge is -2.16. The smallest absolute Gasteiger partial charge is 0.317 e. The van der Waals surface area contributed by atoms with Crippen LogP contribution in [0.25, 0.3) is 22.4 Å². The van der Waals surface area contributed by atoms with Crippen molar-refractivity contribution < 1.29 is 9.13 Å². The lowest BCUT2D eigenvalue weighted by Crippen LogP contribution is -2.07. The Kier molecular flexibility index (Phi) is 6.42. The number of nitrogens with zero attached hydrogens (tertiary/aromatic N) is 2. The summed E-state index contributed by atoms with van der Waals surface area (Å²) in [4.78, 5) is 9.03. The van der Waals surface area contributed by atoms with E-state index in [1.807, 2.05) is 19.1 Å². The average Bonchev–Trinajstić information content (AvgIpc) is 2.75. The third-order valence-electron chi connectivity index (χ3n) is 4.73. The molecule has 0 aliphatic heterocycles. The number of hydrogen-bond donors (Lipinski definition) is 0. The van der Waals surface area contributed by atoms with Crippen LogP contribution in [0, 0.1) is 5.82 Å². The highest BCUT2D eigenvalue weighted by Crippen LogP contribution is 2.37. The third kappa shape index (κ3) is 4.99. The summed E-state index contributed by atoms with van der Waals surface area (Å²) >= 11 is 18.6. The van der Waals surface area contributed by atoms with E-state index in [0.717, 1.165) is 16.7 Å². The summed E-state index contributed by atoms with van der Waals surface area (Å²) in [5.41, 5.74) is 3.74. The molecule has 0 bridgehead atoms. The highest BCUT2D eigenvalue weighted by Gasteiger charge is 2.17. The van der Waals surface area contributed by atoms with Gasteiger partial charge in [0.1, 0.15) is 11.9 Å². The van der Waals surface area contributed by atoms with E-state index in [-0.39, 0.29) is 17.9 Å². The molecule has 3 nitrogen and oxygen atoms in total. The average molecular weight is 474 g/mol. The van der Waals surface area contributed by atoms with Crippen LogP contribution >= 0.6 is 34.8 Å². The number of halogens is 4. The van der Waals surface area contributed by atoms with Crippen molar-refractivity contribution in [3.05, 3.63) is 99.4 Å². The van der Waals surface area contributed by atoms with Gasteiger partial charge in [0.25, 0.3) is 0 Å². The Labute approximate surface area is 194 Å². The molecule has 3 aromatic carbocycles. The van der Waals surface area contributed by atoms with E-state index in [2.05, 4.69) is 9.97 Å². The van der Waals surface area contributed by atoms with Crippen LogP contribution in [-0.2, 0) is 0 Å². The van der Waals surface area contributed by atoms with Crippen LogP contribution in [0.1, 0.15) is 18.6 Å². The Morgan fingerprint density at radius 3 is 2.19 bits per heavy atom. The van der Waals surface area contributed by atoms with Crippen molar-refractivity contribution in [1.82, 2.24) is 9.97 Å². The second-order valence-electron chi connectivity index (χ2n) is 6.86. The summed E-state index contributed by atoms with van der Waals surface area (Å²) in [5, 5.41) is 1.61. The van der Waals surface area contributed by atoms with Crippen LogP contribution in [0.4, 0.5) is 4.39 Å². The Morgan fingerprint density at radius 2 is 1.52 bits per heavy atom. The van der Waals surface area contributed by atoms with E-state index < -0.39 is 0 Å². The first-order chi connectivity index (χ1) is 14.9. The molecule has 1 atom stereocenters. The lowest BCUT2D eigenvalue weighted by atomic mass is 10.0. The van der Waals surface area contributed by atoms with Gasteiger partial charge in [0.2, 0.25) is 0 Å². The van der Waals surface area contributed by atoms with Crippen LogP contribution in [-0.4, -0.2) is 9.97 Å². The molecular formula is C24H16Cl3FN2O. The summed E-state index contributed by atoms with van der Waals surface area (Å²) in [6, 6.07) is 18.9. The van der Waals surface area contributed by atoms with Crippen molar-refractivity contribution in [1.29, 1.82) is 0 Å². The zero-order chi connectivity index (χ0) is 22.0. The fourth-order valence-electron chi connectivity index (χ4n) is 3.11. The van der Waals surface area contributed by atoms with Gasteiger partial charge in [-0.3, -0.25) is 0 Å². The van der Waals surface area contributed by atoms with Gasteiger partial charge in [-0.1, -0.05) is 59.1 Å². The fourth-order valence-corrected chi connectivity index (χ4v) is 3.73. The standard InChI is InChI=1S/C24H16Cl3FN2O/c1-14(15-4-9-19(28)10-5-15)31-24-29-13-21(16-2-6-17(25)7-3-16)23(30-24)20-11-8-18(26)12-22(20)27/h2-14H,1H3. The highest BCUT2D eigenvalue weighted by atomic mass is 35.5. The van der Waals surface area contributed by atoms with Gasteiger partial charge in [-0.05, 0) is 60.5 Å². The van der Waals surface area contributed by atoms with Crippen molar-refractivity contribution in [2.45, 2.75) is 13.0 Å². The number of hydrogen-bond acceptors (Lipinski definition) is 3. The third-order valence-corrected chi connectivity index (χ3v) is 5.53. The van der Waals surface area contributed by atoms with Gasteiger partial charge in [0.15, 0.2) is 0 Å². The molecule has 0 radical (unpaired) electrons. The predicted molar refractivity (Wildman–Crippen MR) is 123 cm³/mol. The van der Waals surface area contributed by atoms with Gasteiger partial charge in [0.05, 0.1) is 10.7 Å². The quantitative estimate of drug-likeness (QED) is 0.294. The second-order valence-corrected chi connectivity index (χ2v) is 8.14. The summed E-state index contributed by atoms with van der Waals surface area (Å²) in [5.74, 6) is -0.306. The van der Waals surface area contributed by atoms with Crippen LogP contribution in [0.2, 0.25) is 15.1 Å². The molecule has 0 fully saturated rings. The summed E-state index contributed by atoms with van der Waals surface area (Å²) in [6.07, 6.45) is 1.30. The molecule has 0 aliphatic carbocycles. The van der Waals surface area contributed by atoms with Gasteiger partial charge in [0, 0.05) is 27.4 Å². The molecule has 156 valence electrons. The van der Waals surface area contributed by atoms with Crippen LogP contribution in [0.3, 0.4) is 0 Å². The normalized spacial score (nSPS) is 11.9. The number of benzene rings is 3. The molecule has 0 N–H and O–H groups in total. The SMILES string of the molecule is CC(Oc1ncc(-c2ccc(Cl)cc2)c(-c2ccc(Cl)cc2Cl)n1)c1ccc(F)cc1. The van der Waals surface area contributed by atoms with Crippen LogP contribution in [0.5, 0.6) is 6.01 Å². The minimum Gasteiger partial charge on any atom is -0.456 e.